The van der Waals surface area contributed by atoms with Crippen molar-refractivity contribution in [3.05, 3.63) is 12.3 Å². The summed E-state index contributed by atoms with van der Waals surface area (Å²) in [6, 6.07) is 0. The monoisotopic (exact) mass is 130 g/mol. The minimum absolute atomic E-state index is 0.415. The molecule has 0 aliphatic rings. The summed E-state index contributed by atoms with van der Waals surface area (Å²) in [6.45, 7) is 0. The normalized spacial score (nSPS) is 9.75. The van der Waals surface area contributed by atoms with Gasteiger partial charge in [0.25, 0.3) is 0 Å². The molecule has 0 aromatic rings. The van der Waals surface area contributed by atoms with Crippen molar-refractivity contribution in [1.82, 2.24) is 4.90 Å². The van der Waals surface area contributed by atoms with Crippen LogP contribution >= 0.6 is 12.2 Å². The Morgan fingerprint density at radius 1 is 1.62 bits per heavy atom. The zero-order chi connectivity index (χ0) is 6.57. The van der Waals surface area contributed by atoms with E-state index in [-0.39, 0.29) is 0 Å². The van der Waals surface area contributed by atoms with E-state index in [1.54, 1.807) is 6.08 Å². The Morgan fingerprint density at radius 2 is 2.12 bits per heavy atom. The van der Waals surface area contributed by atoms with Crippen molar-refractivity contribution >= 4 is 17.2 Å². The van der Waals surface area contributed by atoms with E-state index < -0.39 is 0 Å². The number of rotatable bonds is 2. The quantitative estimate of drug-likeness (QED) is 0.432. The fourth-order valence-electron chi connectivity index (χ4n) is 0.223. The van der Waals surface area contributed by atoms with E-state index in [1.165, 1.54) is 0 Å². The van der Waals surface area contributed by atoms with Crippen LogP contribution in [0.3, 0.4) is 0 Å². The van der Waals surface area contributed by atoms with Crippen LogP contribution < -0.4 is 5.73 Å². The predicted octanol–water partition coefficient (Wildman–Crippen LogP) is 0.348. The van der Waals surface area contributed by atoms with Crippen molar-refractivity contribution in [3.63, 3.8) is 0 Å². The SMILES string of the molecule is CN(C)/C=C/C(N)=S. The first-order valence-corrected chi connectivity index (χ1v) is 2.68. The molecule has 0 aliphatic heterocycles. The fraction of sp³-hybridized carbons (Fsp3) is 0.400. The highest BCUT2D eigenvalue weighted by molar-refractivity contribution is 7.80. The van der Waals surface area contributed by atoms with E-state index in [0.29, 0.717) is 4.99 Å². The fourth-order valence-corrected chi connectivity index (χ4v) is 0.283. The molecule has 0 saturated heterocycles. The van der Waals surface area contributed by atoms with Gasteiger partial charge in [0.1, 0.15) is 0 Å². The minimum Gasteiger partial charge on any atom is -0.390 e. The summed E-state index contributed by atoms with van der Waals surface area (Å²) in [6.07, 6.45) is 3.48. The van der Waals surface area contributed by atoms with Gasteiger partial charge in [0.2, 0.25) is 0 Å². The number of hydrogen-bond acceptors (Lipinski definition) is 2. The zero-order valence-corrected chi connectivity index (χ0v) is 5.90. The average molecular weight is 130 g/mol. The lowest BCUT2D eigenvalue weighted by Crippen LogP contribution is -2.07. The van der Waals surface area contributed by atoms with Crippen LogP contribution in [0.2, 0.25) is 0 Å². The van der Waals surface area contributed by atoms with Crippen LogP contribution in [0.5, 0.6) is 0 Å². The lowest BCUT2D eigenvalue weighted by atomic mass is 10.6. The molecular weight excluding hydrogens is 120 g/mol. The van der Waals surface area contributed by atoms with Gasteiger partial charge in [-0.05, 0) is 6.08 Å². The Hall–Kier alpha value is -0.570. The smallest absolute Gasteiger partial charge is 0.0976 e. The van der Waals surface area contributed by atoms with Crippen molar-refractivity contribution < 1.29 is 0 Å². The summed E-state index contributed by atoms with van der Waals surface area (Å²) in [5.74, 6) is 0. The Kier molecular flexibility index (Phi) is 3.19. The second-order valence-electron chi connectivity index (χ2n) is 1.68. The number of thiocarbonyl (C=S) groups is 1. The van der Waals surface area contributed by atoms with Crippen molar-refractivity contribution in [2.45, 2.75) is 0 Å². The Morgan fingerprint density at radius 3 is 2.25 bits per heavy atom. The van der Waals surface area contributed by atoms with Gasteiger partial charge < -0.3 is 10.6 Å². The highest BCUT2D eigenvalue weighted by atomic mass is 32.1. The van der Waals surface area contributed by atoms with E-state index >= 15 is 0 Å². The molecule has 0 aliphatic carbocycles. The van der Waals surface area contributed by atoms with Crippen LogP contribution in [0.4, 0.5) is 0 Å². The van der Waals surface area contributed by atoms with Crippen molar-refractivity contribution in [2.24, 2.45) is 5.73 Å². The van der Waals surface area contributed by atoms with Gasteiger partial charge in [0.05, 0.1) is 4.99 Å². The molecule has 3 heteroatoms. The van der Waals surface area contributed by atoms with Crippen LogP contribution in [0, 0.1) is 0 Å². The standard InChI is InChI=1S/C5H10N2S/c1-7(2)4-3-5(6)8/h3-4H,1-2H3,(H2,6,8)/b4-3+. The topological polar surface area (TPSA) is 29.3 Å². The summed E-state index contributed by atoms with van der Waals surface area (Å²) in [5.41, 5.74) is 5.16. The third-order valence-electron chi connectivity index (χ3n) is 0.537. The second kappa shape index (κ2) is 3.43. The molecule has 0 atom stereocenters. The lowest BCUT2D eigenvalue weighted by molar-refractivity contribution is 0.564. The van der Waals surface area contributed by atoms with Gasteiger partial charge >= 0.3 is 0 Å². The molecule has 0 rings (SSSR count). The maximum absolute atomic E-state index is 5.16. The number of nitrogens with two attached hydrogens (primary N) is 1. The second-order valence-corrected chi connectivity index (χ2v) is 2.15. The largest absolute Gasteiger partial charge is 0.390 e. The summed E-state index contributed by atoms with van der Waals surface area (Å²) in [7, 11) is 3.82. The first-order valence-electron chi connectivity index (χ1n) is 2.27. The Bertz CT molecular complexity index is 107. The van der Waals surface area contributed by atoms with Gasteiger partial charge in [-0.15, -0.1) is 0 Å². The molecule has 0 spiro atoms. The first kappa shape index (κ1) is 7.43. The summed E-state index contributed by atoms with van der Waals surface area (Å²) in [4.78, 5) is 2.29. The minimum atomic E-state index is 0.415. The van der Waals surface area contributed by atoms with Gasteiger partial charge in [-0.3, -0.25) is 0 Å². The summed E-state index contributed by atoms with van der Waals surface area (Å²) in [5, 5.41) is 0. The van der Waals surface area contributed by atoms with Crippen LogP contribution in [0.15, 0.2) is 12.3 Å². The third-order valence-corrected chi connectivity index (χ3v) is 0.673. The third kappa shape index (κ3) is 5.43. The van der Waals surface area contributed by atoms with Crippen molar-refractivity contribution in [1.29, 1.82) is 0 Å². The molecule has 8 heavy (non-hydrogen) atoms. The number of nitrogens with zero attached hydrogens (tertiary/aromatic N) is 1. The highest BCUT2D eigenvalue weighted by Gasteiger charge is 1.76. The highest BCUT2D eigenvalue weighted by Crippen LogP contribution is 1.76. The van der Waals surface area contributed by atoms with E-state index in [9.17, 15) is 0 Å². The molecule has 46 valence electrons. The molecular formula is C5H10N2S. The van der Waals surface area contributed by atoms with Gasteiger partial charge in [0, 0.05) is 20.3 Å². The molecule has 0 radical (unpaired) electrons. The molecule has 0 aromatic heterocycles. The molecule has 0 bridgehead atoms. The van der Waals surface area contributed by atoms with Gasteiger partial charge in [-0.25, -0.2) is 0 Å². The first-order chi connectivity index (χ1) is 3.63. The van der Waals surface area contributed by atoms with E-state index in [0.717, 1.165) is 0 Å². The average Bonchev–Trinajstić information content (AvgIpc) is 1.61. The van der Waals surface area contributed by atoms with E-state index in [2.05, 4.69) is 12.2 Å². The van der Waals surface area contributed by atoms with Crippen LogP contribution in [0.25, 0.3) is 0 Å². The van der Waals surface area contributed by atoms with Crippen LogP contribution in [-0.4, -0.2) is 24.0 Å². The molecule has 0 unspecified atom stereocenters. The maximum Gasteiger partial charge on any atom is 0.0976 e. The van der Waals surface area contributed by atoms with Crippen molar-refractivity contribution in [3.8, 4) is 0 Å². The molecule has 0 fully saturated rings. The predicted molar refractivity (Wildman–Crippen MR) is 39.6 cm³/mol. The van der Waals surface area contributed by atoms with Crippen molar-refractivity contribution in [2.75, 3.05) is 14.1 Å². The molecule has 2 N–H and O–H groups in total. The van der Waals surface area contributed by atoms with E-state index in [4.69, 9.17) is 5.73 Å². The van der Waals surface area contributed by atoms with E-state index in [1.807, 2.05) is 25.2 Å². The summed E-state index contributed by atoms with van der Waals surface area (Å²) < 4.78 is 0. The molecule has 0 amide bonds. The molecule has 0 heterocycles. The van der Waals surface area contributed by atoms with Crippen LogP contribution in [0.1, 0.15) is 0 Å². The Labute approximate surface area is 55.0 Å². The maximum atomic E-state index is 5.16. The van der Waals surface area contributed by atoms with Crippen LogP contribution in [-0.2, 0) is 0 Å². The molecule has 0 saturated carbocycles. The lowest BCUT2D eigenvalue weighted by Gasteiger charge is -2.01. The zero-order valence-electron chi connectivity index (χ0n) is 5.09. The molecule has 0 aromatic carbocycles. The number of hydrogen-bond donors (Lipinski definition) is 1. The Balaban J connectivity index is 3.50. The van der Waals surface area contributed by atoms with Gasteiger partial charge in [0.15, 0.2) is 0 Å². The molecule has 2 nitrogen and oxygen atoms in total. The van der Waals surface area contributed by atoms with Gasteiger partial charge in [-0.1, -0.05) is 12.2 Å². The summed E-state index contributed by atoms with van der Waals surface area (Å²) >= 11 is 4.58. The van der Waals surface area contributed by atoms with Gasteiger partial charge in [-0.2, -0.15) is 0 Å².